The first-order valence-electron chi connectivity index (χ1n) is 11.3. The molecule has 0 radical (unpaired) electrons. The second kappa shape index (κ2) is 11.2. The van der Waals surface area contributed by atoms with Crippen LogP contribution in [0.5, 0.6) is 23.0 Å². The fourth-order valence-electron chi connectivity index (χ4n) is 3.75. The van der Waals surface area contributed by atoms with E-state index in [0.717, 1.165) is 12.1 Å². The summed E-state index contributed by atoms with van der Waals surface area (Å²) in [5, 5.41) is 10.3. The molecule has 0 aliphatic carbocycles. The van der Waals surface area contributed by atoms with Crippen molar-refractivity contribution in [3.05, 3.63) is 76.9 Å². The van der Waals surface area contributed by atoms with Crippen molar-refractivity contribution in [3.8, 4) is 34.1 Å². The Hall–Kier alpha value is -4.02. The maximum Gasteiger partial charge on any atom is 0.573 e. The molecule has 3 aromatic carbocycles. The van der Waals surface area contributed by atoms with Crippen LogP contribution >= 0.6 is 11.6 Å². The maximum atomic E-state index is 12.4. The number of aliphatic hydroxyl groups excluding tert-OH is 1. The Morgan fingerprint density at radius 2 is 1.61 bits per heavy atom. The highest BCUT2D eigenvalue weighted by atomic mass is 35.5. The number of carbonyl (C=O) groups is 1. The molecule has 198 valence electrons. The van der Waals surface area contributed by atoms with Crippen molar-refractivity contribution in [3.63, 3.8) is 0 Å². The highest BCUT2D eigenvalue weighted by molar-refractivity contribution is 6.32. The minimum atomic E-state index is -4.78. The van der Waals surface area contributed by atoms with Crippen molar-refractivity contribution in [1.82, 2.24) is 4.98 Å². The smallest absolute Gasteiger partial charge is 0.457 e. The normalized spacial score (nSPS) is 11.3. The third kappa shape index (κ3) is 6.27. The first kappa shape index (κ1) is 27.0. The van der Waals surface area contributed by atoms with Crippen LogP contribution in [0.4, 0.5) is 18.0 Å². The average Bonchev–Trinajstić information content (AvgIpc) is 2.85. The molecule has 0 atom stereocenters. The quantitative estimate of drug-likeness (QED) is 0.239. The third-order valence-corrected chi connectivity index (χ3v) is 5.69. The zero-order valence-corrected chi connectivity index (χ0v) is 20.9. The Bertz CT molecular complexity index is 1460. The summed E-state index contributed by atoms with van der Waals surface area (Å²) in [5.41, 5.74) is 2.63. The molecule has 0 spiro atoms. The van der Waals surface area contributed by atoms with Gasteiger partial charge in [-0.1, -0.05) is 23.7 Å². The fourth-order valence-corrected chi connectivity index (χ4v) is 3.97. The fraction of sp³-hybridized carbons (Fsp3) is 0.185. The lowest BCUT2D eigenvalue weighted by Crippen LogP contribution is -2.16. The number of alkyl halides is 3. The van der Waals surface area contributed by atoms with Gasteiger partial charge < -0.3 is 24.1 Å². The van der Waals surface area contributed by atoms with Gasteiger partial charge in [0.1, 0.15) is 17.2 Å². The number of aliphatic hydroxyl groups is 1. The molecule has 0 unspecified atom stereocenters. The molecule has 7 nitrogen and oxygen atoms in total. The minimum Gasteiger partial charge on any atom is -0.457 e. The van der Waals surface area contributed by atoms with Gasteiger partial charge in [-0.05, 0) is 73.5 Å². The van der Waals surface area contributed by atoms with Gasteiger partial charge in [-0.25, -0.2) is 4.79 Å². The Morgan fingerprint density at radius 3 is 2.18 bits per heavy atom. The van der Waals surface area contributed by atoms with Gasteiger partial charge in [0.2, 0.25) is 0 Å². The zero-order chi connectivity index (χ0) is 27.4. The predicted molar refractivity (Wildman–Crippen MR) is 134 cm³/mol. The van der Waals surface area contributed by atoms with Crippen LogP contribution in [0.25, 0.3) is 22.0 Å². The number of rotatable bonds is 7. The number of benzene rings is 3. The first-order valence-corrected chi connectivity index (χ1v) is 11.7. The number of carbonyl (C=O) groups excluding carboxylic acids is 1. The Morgan fingerprint density at radius 1 is 1.00 bits per heavy atom. The molecule has 0 amide bonds. The highest BCUT2D eigenvalue weighted by Crippen LogP contribution is 2.41. The van der Waals surface area contributed by atoms with E-state index in [0.29, 0.717) is 44.8 Å². The van der Waals surface area contributed by atoms with E-state index in [1.807, 2.05) is 0 Å². The summed E-state index contributed by atoms with van der Waals surface area (Å²) in [7, 11) is 0. The maximum absolute atomic E-state index is 12.4. The van der Waals surface area contributed by atoms with Crippen molar-refractivity contribution in [2.24, 2.45) is 0 Å². The summed E-state index contributed by atoms with van der Waals surface area (Å²) in [5.74, 6) is 0.538. The van der Waals surface area contributed by atoms with E-state index in [1.54, 1.807) is 50.2 Å². The number of hydrogen-bond acceptors (Lipinski definition) is 7. The largest absolute Gasteiger partial charge is 0.573 e. The molecule has 38 heavy (non-hydrogen) atoms. The lowest BCUT2D eigenvalue weighted by molar-refractivity contribution is -0.274. The van der Waals surface area contributed by atoms with Gasteiger partial charge >= 0.3 is 12.5 Å². The summed E-state index contributed by atoms with van der Waals surface area (Å²) in [6.45, 7) is 3.22. The molecule has 0 saturated heterocycles. The lowest BCUT2D eigenvalue weighted by Gasteiger charge is -2.17. The molecule has 0 saturated carbocycles. The van der Waals surface area contributed by atoms with Gasteiger partial charge in [0.05, 0.1) is 18.7 Å². The van der Waals surface area contributed by atoms with Crippen molar-refractivity contribution >= 4 is 28.7 Å². The zero-order valence-electron chi connectivity index (χ0n) is 20.1. The number of aryl methyl sites for hydroxylation is 1. The van der Waals surface area contributed by atoms with Crippen molar-refractivity contribution in [2.45, 2.75) is 26.8 Å². The van der Waals surface area contributed by atoms with Gasteiger partial charge in [0.15, 0.2) is 5.75 Å². The van der Waals surface area contributed by atoms with E-state index in [-0.39, 0.29) is 29.7 Å². The van der Waals surface area contributed by atoms with Crippen molar-refractivity contribution < 1.29 is 42.0 Å². The summed E-state index contributed by atoms with van der Waals surface area (Å²) >= 11 is 6.31. The Labute approximate surface area is 220 Å². The van der Waals surface area contributed by atoms with Crippen LogP contribution in [0.1, 0.15) is 18.2 Å². The van der Waals surface area contributed by atoms with E-state index in [9.17, 15) is 23.1 Å². The number of fused-ring (bicyclic) bond motifs is 1. The average molecular weight is 548 g/mol. The van der Waals surface area contributed by atoms with E-state index in [2.05, 4.69) is 9.72 Å². The van der Waals surface area contributed by atoms with Crippen molar-refractivity contribution in [2.75, 3.05) is 6.61 Å². The van der Waals surface area contributed by atoms with Crippen LogP contribution < -0.4 is 14.2 Å². The van der Waals surface area contributed by atoms with E-state index in [1.165, 1.54) is 12.1 Å². The van der Waals surface area contributed by atoms with Gasteiger partial charge in [0, 0.05) is 21.7 Å². The van der Waals surface area contributed by atoms with Gasteiger partial charge in [-0.3, -0.25) is 4.98 Å². The monoisotopic (exact) mass is 547 g/mol. The van der Waals surface area contributed by atoms with E-state index < -0.39 is 12.5 Å². The summed E-state index contributed by atoms with van der Waals surface area (Å²) in [6.07, 6.45) is -5.68. The van der Waals surface area contributed by atoms with Crippen molar-refractivity contribution in [1.29, 1.82) is 0 Å². The molecule has 0 fully saturated rings. The molecular formula is C27H21ClF3NO6. The number of hydrogen-bond donors (Lipinski definition) is 1. The molecular weight excluding hydrogens is 527 g/mol. The Kier molecular flexibility index (Phi) is 7.94. The van der Waals surface area contributed by atoms with Gasteiger partial charge in [-0.2, -0.15) is 0 Å². The molecule has 1 N–H and O–H groups in total. The Balaban J connectivity index is 1.68. The second-order valence-corrected chi connectivity index (χ2v) is 8.36. The van der Waals surface area contributed by atoms with Crippen LogP contribution in [0.2, 0.25) is 5.02 Å². The molecule has 0 bridgehead atoms. The van der Waals surface area contributed by atoms with Crippen LogP contribution in [0.3, 0.4) is 0 Å². The minimum absolute atomic E-state index is 0.112. The lowest BCUT2D eigenvalue weighted by atomic mass is 9.99. The number of nitrogens with zero attached hydrogens (tertiary/aromatic N) is 1. The van der Waals surface area contributed by atoms with Gasteiger partial charge in [0.25, 0.3) is 0 Å². The van der Waals surface area contributed by atoms with Crippen LogP contribution in [-0.2, 0) is 11.3 Å². The number of aromatic nitrogens is 1. The topological polar surface area (TPSA) is 87.1 Å². The number of halogens is 4. The molecule has 4 rings (SSSR count). The summed E-state index contributed by atoms with van der Waals surface area (Å²) in [6, 6.07) is 14.9. The van der Waals surface area contributed by atoms with Gasteiger partial charge in [-0.15, -0.1) is 13.2 Å². The number of pyridine rings is 1. The van der Waals surface area contributed by atoms with Crippen LogP contribution in [0, 0.1) is 6.92 Å². The molecule has 11 heteroatoms. The highest BCUT2D eigenvalue weighted by Gasteiger charge is 2.31. The van der Waals surface area contributed by atoms with Crippen LogP contribution in [0.15, 0.2) is 60.7 Å². The standard InChI is InChI=1S/C27H21ClF3NO6/c1-3-35-26(34)37-25-21-13-22(28)17(14-33)12-23(21)32-15(2)24(25)16-4-6-18(7-5-16)36-19-8-10-20(11-9-19)38-27(29,30)31/h4-13,33H,3,14H2,1-2H3. The summed E-state index contributed by atoms with van der Waals surface area (Å²) in [4.78, 5) is 16.9. The molecule has 0 aliphatic rings. The summed E-state index contributed by atoms with van der Waals surface area (Å²) < 4.78 is 57.2. The number of ether oxygens (including phenoxy) is 4. The molecule has 1 aromatic heterocycles. The predicted octanol–water partition coefficient (Wildman–Crippen LogP) is 7.58. The van der Waals surface area contributed by atoms with E-state index >= 15 is 0 Å². The molecule has 1 heterocycles. The molecule has 0 aliphatic heterocycles. The van der Waals surface area contributed by atoms with Crippen LogP contribution in [-0.4, -0.2) is 29.2 Å². The third-order valence-electron chi connectivity index (χ3n) is 5.34. The van der Waals surface area contributed by atoms with E-state index in [4.69, 9.17) is 25.8 Å². The SMILES string of the molecule is CCOC(=O)Oc1c(-c2ccc(Oc3ccc(OC(F)(F)F)cc3)cc2)c(C)nc2cc(CO)c(Cl)cc12. The second-order valence-electron chi connectivity index (χ2n) is 7.95. The molecule has 4 aromatic rings. The first-order chi connectivity index (χ1) is 18.1.